The van der Waals surface area contributed by atoms with E-state index in [9.17, 15) is 19.1 Å². The number of carbonyl (C=O) groups excluding carboxylic acids is 1. The lowest BCUT2D eigenvalue weighted by atomic mass is 10.0. The van der Waals surface area contributed by atoms with Gasteiger partial charge < -0.3 is 15.1 Å². The number of rotatable bonds is 11. The SMILES string of the molecule is CCCCCCCCCC(=O)N[C@H](c1cccc2ccccc12)P(=O)(O)O. The molecule has 0 radical (unpaired) electrons. The Labute approximate surface area is 161 Å². The van der Waals surface area contributed by atoms with E-state index in [4.69, 9.17) is 0 Å². The largest absolute Gasteiger partial charge is 0.352 e. The Morgan fingerprint density at radius 1 is 0.963 bits per heavy atom. The minimum Gasteiger partial charge on any atom is -0.338 e. The summed E-state index contributed by atoms with van der Waals surface area (Å²) in [5, 5.41) is 4.20. The molecule has 2 rings (SSSR count). The van der Waals surface area contributed by atoms with Crippen molar-refractivity contribution in [1.82, 2.24) is 5.32 Å². The van der Waals surface area contributed by atoms with Gasteiger partial charge in [0, 0.05) is 6.42 Å². The smallest absolute Gasteiger partial charge is 0.338 e. The van der Waals surface area contributed by atoms with Crippen LogP contribution < -0.4 is 5.32 Å². The molecule has 0 heterocycles. The summed E-state index contributed by atoms with van der Waals surface area (Å²) in [5.74, 6) is -1.63. The van der Waals surface area contributed by atoms with Crippen molar-refractivity contribution in [3.05, 3.63) is 48.0 Å². The van der Waals surface area contributed by atoms with Gasteiger partial charge in [-0.15, -0.1) is 0 Å². The molecule has 0 aliphatic heterocycles. The molecule has 1 amide bonds. The molecule has 0 spiro atoms. The highest BCUT2D eigenvalue weighted by Gasteiger charge is 2.32. The zero-order valence-electron chi connectivity index (χ0n) is 15.9. The van der Waals surface area contributed by atoms with Crippen molar-refractivity contribution in [3.63, 3.8) is 0 Å². The van der Waals surface area contributed by atoms with E-state index in [-0.39, 0.29) is 12.3 Å². The van der Waals surface area contributed by atoms with Crippen LogP contribution in [0.25, 0.3) is 10.8 Å². The lowest BCUT2D eigenvalue weighted by Gasteiger charge is -2.22. The Bertz CT molecular complexity index is 781. The second kappa shape index (κ2) is 10.6. The molecule has 5 nitrogen and oxygen atoms in total. The number of hydrogen-bond acceptors (Lipinski definition) is 2. The highest BCUT2D eigenvalue weighted by molar-refractivity contribution is 7.52. The van der Waals surface area contributed by atoms with Gasteiger partial charge >= 0.3 is 7.60 Å². The first-order valence-electron chi connectivity index (χ1n) is 9.75. The van der Waals surface area contributed by atoms with Gasteiger partial charge in [0.25, 0.3) is 0 Å². The van der Waals surface area contributed by atoms with Gasteiger partial charge in [0.05, 0.1) is 0 Å². The van der Waals surface area contributed by atoms with Gasteiger partial charge in [0.2, 0.25) is 5.91 Å². The zero-order chi connectivity index (χ0) is 19.7. The topological polar surface area (TPSA) is 86.6 Å². The van der Waals surface area contributed by atoms with E-state index in [1.165, 1.54) is 25.7 Å². The summed E-state index contributed by atoms with van der Waals surface area (Å²) in [5.41, 5.74) is 0.453. The van der Waals surface area contributed by atoms with Crippen molar-refractivity contribution in [1.29, 1.82) is 0 Å². The molecule has 27 heavy (non-hydrogen) atoms. The van der Waals surface area contributed by atoms with E-state index in [0.29, 0.717) is 5.56 Å². The van der Waals surface area contributed by atoms with Crippen molar-refractivity contribution in [3.8, 4) is 0 Å². The highest BCUT2D eigenvalue weighted by atomic mass is 31.2. The van der Waals surface area contributed by atoms with Crippen LogP contribution in [0.5, 0.6) is 0 Å². The Morgan fingerprint density at radius 3 is 2.30 bits per heavy atom. The van der Waals surface area contributed by atoms with Gasteiger partial charge in [-0.05, 0) is 22.8 Å². The first-order valence-corrected chi connectivity index (χ1v) is 11.4. The molecular formula is C21H30NO4P. The van der Waals surface area contributed by atoms with Crippen LogP contribution in [-0.4, -0.2) is 15.7 Å². The van der Waals surface area contributed by atoms with Crippen LogP contribution in [0.15, 0.2) is 42.5 Å². The molecule has 0 fully saturated rings. The average Bonchev–Trinajstić information content (AvgIpc) is 2.64. The van der Waals surface area contributed by atoms with Gasteiger partial charge in [0.1, 0.15) is 0 Å². The summed E-state index contributed by atoms with van der Waals surface area (Å²) >= 11 is 0. The third-order valence-corrected chi connectivity index (χ3v) is 5.84. The van der Waals surface area contributed by atoms with Crippen LogP contribution in [0.3, 0.4) is 0 Å². The average molecular weight is 391 g/mol. The maximum atomic E-state index is 12.3. The lowest BCUT2D eigenvalue weighted by Crippen LogP contribution is -2.28. The van der Waals surface area contributed by atoms with E-state index < -0.39 is 13.4 Å². The summed E-state index contributed by atoms with van der Waals surface area (Å²) in [4.78, 5) is 31.9. The molecule has 6 heteroatoms. The number of nitrogens with one attached hydrogen (secondary N) is 1. The molecule has 0 saturated heterocycles. The molecular weight excluding hydrogens is 361 g/mol. The minimum atomic E-state index is -4.55. The van der Waals surface area contributed by atoms with Crippen LogP contribution in [-0.2, 0) is 9.36 Å². The van der Waals surface area contributed by atoms with Crippen molar-refractivity contribution in [2.24, 2.45) is 0 Å². The quantitative estimate of drug-likeness (QED) is 0.360. The second-order valence-electron chi connectivity index (χ2n) is 7.00. The highest BCUT2D eigenvalue weighted by Crippen LogP contribution is 2.51. The zero-order valence-corrected chi connectivity index (χ0v) is 16.8. The minimum absolute atomic E-state index is 0.287. The normalized spacial score (nSPS) is 12.9. The fraction of sp³-hybridized carbons (Fsp3) is 0.476. The molecule has 0 aromatic heterocycles. The number of unbranched alkanes of at least 4 members (excludes halogenated alkanes) is 6. The number of hydrogen-bond donors (Lipinski definition) is 3. The number of carbonyl (C=O) groups is 1. The van der Waals surface area contributed by atoms with Crippen LogP contribution in [0.4, 0.5) is 0 Å². The number of fused-ring (bicyclic) bond motifs is 1. The van der Waals surface area contributed by atoms with Crippen molar-refractivity contribution < 1.29 is 19.1 Å². The second-order valence-corrected chi connectivity index (χ2v) is 8.69. The molecule has 0 bridgehead atoms. The number of amides is 1. The van der Waals surface area contributed by atoms with Crippen LogP contribution in [0, 0.1) is 0 Å². The summed E-state index contributed by atoms with van der Waals surface area (Å²) in [6.07, 6.45) is 7.94. The number of benzene rings is 2. The van der Waals surface area contributed by atoms with Gasteiger partial charge in [-0.2, -0.15) is 0 Å². The van der Waals surface area contributed by atoms with E-state index in [1.807, 2.05) is 30.3 Å². The van der Waals surface area contributed by atoms with E-state index >= 15 is 0 Å². The van der Waals surface area contributed by atoms with Crippen LogP contribution in [0.2, 0.25) is 0 Å². The van der Waals surface area contributed by atoms with Crippen molar-refractivity contribution in [2.75, 3.05) is 0 Å². The first kappa shape index (κ1) is 21.6. The molecule has 0 aliphatic rings. The fourth-order valence-corrected chi connectivity index (χ4v) is 4.20. The Kier molecular flexibility index (Phi) is 8.49. The maximum absolute atomic E-state index is 12.3. The standard InChI is InChI=1S/C21H30NO4P/c1-2-3-4-5-6-7-8-16-20(23)22-21(27(24,25)26)19-15-11-13-17-12-9-10-14-18(17)19/h9-15,21H,2-8,16H2,1H3,(H,22,23)(H2,24,25,26)/t21-/m0/s1. The van der Waals surface area contributed by atoms with Crippen LogP contribution >= 0.6 is 7.60 Å². The molecule has 0 aliphatic carbocycles. The molecule has 3 N–H and O–H groups in total. The molecule has 0 saturated carbocycles. The summed E-state index contributed by atoms with van der Waals surface area (Å²) in [6.45, 7) is 2.18. The van der Waals surface area contributed by atoms with Gasteiger partial charge in [-0.1, -0.05) is 87.9 Å². The Morgan fingerprint density at radius 2 is 1.59 bits per heavy atom. The molecule has 2 aromatic carbocycles. The first-order chi connectivity index (χ1) is 12.9. The third kappa shape index (κ3) is 6.76. The van der Waals surface area contributed by atoms with Gasteiger partial charge in [-0.25, -0.2) is 0 Å². The van der Waals surface area contributed by atoms with E-state index in [2.05, 4.69) is 12.2 Å². The molecule has 1 atom stereocenters. The third-order valence-electron chi connectivity index (χ3n) is 4.76. The van der Waals surface area contributed by atoms with Crippen LogP contribution in [0.1, 0.15) is 69.6 Å². The van der Waals surface area contributed by atoms with Gasteiger partial charge in [-0.3, -0.25) is 9.36 Å². The van der Waals surface area contributed by atoms with Gasteiger partial charge in [0.15, 0.2) is 5.78 Å². The Hall–Kier alpha value is -1.68. The lowest BCUT2D eigenvalue weighted by molar-refractivity contribution is -0.121. The van der Waals surface area contributed by atoms with Crippen molar-refractivity contribution in [2.45, 2.75) is 64.1 Å². The van der Waals surface area contributed by atoms with E-state index in [0.717, 1.165) is 30.0 Å². The van der Waals surface area contributed by atoms with Crippen molar-refractivity contribution >= 4 is 24.3 Å². The summed E-state index contributed by atoms with van der Waals surface area (Å²) < 4.78 is 12.1. The maximum Gasteiger partial charge on any atom is 0.352 e. The summed E-state index contributed by atoms with van der Waals surface area (Å²) in [6, 6.07) is 12.7. The molecule has 148 valence electrons. The summed E-state index contributed by atoms with van der Waals surface area (Å²) in [7, 11) is -4.55. The monoisotopic (exact) mass is 391 g/mol. The fourth-order valence-electron chi connectivity index (χ4n) is 3.30. The Balaban J connectivity index is 1.99. The predicted molar refractivity (Wildman–Crippen MR) is 109 cm³/mol. The molecule has 2 aromatic rings. The van der Waals surface area contributed by atoms with E-state index in [1.54, 1.807) is 12.1 Å². The molecule has 0 unspecified atom stereocenters. The predicted octanol–water partition coefficient (Wildman–Crippen LogP) is 5.27.